The Balaban J connectivity index is 2.06. The minimum absolute atomic E-state index is 0.174. The molecule has 1 aliphatic rings. The van der Waals surface area contributed by atoms with E-state index < -0.39 is 10.0 Å². The van der Waals surface area contributed by atoms with Gasteiger partial charge in [-0.05, 0) is 41.2 Å². The molecule has 20 heavy (non-hydrogen) atoms. The second kappa shape index (κ2) is 6.60. The topological polar surface area (TPSA) is 71.3 Å². The van der Waals surface area contributed by atoms with Gasteiger partial charge in [0, 0.05) is 12.6 Å². The third-order valence-electron chi connectivity index (χ3n) is 3.92. The fraction of sp³-hybridized carbons (Fsp3) is 0.692. The van der Waals surface area contributed by atoms with Gasteiger partial charge in [-0.15, -0.1) is 0 Å². The zero-order valence-electron chi connectivity index (χ0n) is 11.8. The predicted molar refractivity (Wildman–Crippen MR) is 80.9 cm³/mol. The molecular formula is C13H21BrN2O3S. The van der Waals surface area contributed by atoms with Crippen LogP contribution in [0.3, 0.4) is 0 Å². The lowest BCUT2D eigenvalue weighted by Crippen LogP contribution is -2.30. The number of hydrogen-bond acceptors (Lipinski definition) is 4. The third-order valence-corrected chi connectivity index (χ3v) is 6.20. The summed E-state index contributed by atoms with van der Waals surface area (Å²) < 4.78 is 33.0. The molecule has 2 N–H and O–H groups in total. The third kappa shape index (κ3) is 3.63. The van der Waals surface area contributed by atoms with Crippen molar-refractivity contribution < 1.29 is 12.8 Å². The average molecular weight is 365 g/mol. The lowest BCUT2D eigenvalue weighted by Gasteiger charge is -2.15. The highest BCUT2D eigenvalue weighted by Gasteiger charge is 2.27. The van der Waals surface area contributed by atoms with Crippen LogP contribution in [0.4, 0.5) is 0 Å². The first-order valence-electron chi connectivity index (χ1n) is 6.86. The van der Waals surface area contributed by atoms with Crippen LogP contribution in [0.15, 0.2) is 20.0 Å². The summed E-state index contributed by atoms with van der Waals surface area (Å²) in [6.07, 6.45) is 3.48. The van der Waals surface area contributed by atoms with E-state index in [4.69, 9.17) is 4.42 Å². The summed E-state index contributed by atoms with van der Waals surface area (Å²) >= 11 is 3.17. The molecule has 0 saturated heterocycles. The molecule has 1 saturated carbocycles. The molecule has 0 amide bonds. The number of furan rings is 1. The van der Waals surface area contributed by atoms with Gasteiger partial charge in [0.05, 0.1) is 6.54 Å². The maximum Gasteiger partial charge on any atom is 0.244 e. The minimum Gasteiger partial charge on any atom is -0.452 e. The Labute approximate surface area is 128 Å². The summed E-state index contributed by atoms with van der Waals surface area (Å²) in [5.74, 6) is 1.62. The van der Waals surface area contributed by atoms with Crippen molar-refractivity contribution in [1.29, 1.82) is 0 Å². The molecule has 0 radical (unpaired) electrons. The van der Waals surface area contributed by atoms with Crippen molar-refractivity contribution in [2.45, 2.75) is 37.6 Å². The van der Waals surface area contributed by atoms with Crippen LogP contribution in [-0.2, 0) is 16.6 Å². The first-order valence-corrected chi connectivity index (χ1v) is 9.14. The Kier molecular flexibility index (Phi) is 5.28. The molecule has 0 spiro atoms. The molecule has 2 unspecified atom stereocenters. The fourth-order valence-corrected chi connectivity index (χ4v) is 4.75. The molecule has 1 aromatic rings. The molecule has 114 valence electrons. The van der Waals surface area contributed by atoms with E-state index in [0.29, 0.717) is 30.7 Å². The zero-order valence-corrected chi connectivity index (χ0v) is 14.2. The van der Waals surface area contributed by atoms with Gasteiger partial charge in [-0.2, -0.15) is 0 Å². The van der Waals surface area contributed by atoms with Crippen LogP contribution in [0.2, 0.25) is 0 Å². The lowest BCUT2D eigenvalue weighted by molar-refractivity contribution is 0.414. The van der Waals surface area contributed by atoms with Crippen LogP contribution < -0.4 is 10.0 Å². The van der Waals surface area contributed by atoms with E-state index in [-0.39, 0.29) is 9.56 Å². The van der Waals surface area contributed by atoms with E-state index in [2.05, 4.69) is 32.9 Å². The van der Waals surface area contributed by atoms with Crippen LogP contribution >= 0.6 is 15.9 Å². The van der Waals surface area contributed by atoms with Gasteiger partial charge in [0.15, 0.2) is 4.67 Å². The van der Waals surface area contributed by atoms with Crippen LogP contribution in [-0.4, -0.2) is 22.0 Å². The number of rotatable bonds is 6. The summed E-state index contributed by atoms with van der Waals surface area (Å²) in [4.78, 5) is 0.174. The number of nitrogens with one attached hydrogen (secondary N) is 2. The smallest absolute Gasteiger partial charge is 0.244 e. The van der Waals surface area contributed by atoms with Crippen LogP contribution in [0.25, 0.3) is 0 Å². The molecule has 1 aromatic heterocycles. The largest absolute Gasteiger partial charge is 0.452 e. The van der Waals surface area contributed by atoms with Gasteiger partial charge in [0.2, 0.25) is 10.0 Å². The number of sulfonamides is 1. The molecular weight excluding hydrogens is 344 g/mol. The highest BCUT2D eigenvalue weighted by molar-refractivity contribution is 9.10. The minimum atomic E-state index is -3.52. The van der Waals surface area contributed by atoms with Gasteiger partial charge in [0.1, 0.15) is 10.7 Å². The second-order valence-electron chi connectivity index (χ2n) is 5.40. The molecule has 0 aromatic carbocycles. The van der Waals surface area contributed by atoms with E-state index in [1.54, 1.807) is 13.1 Å². The molecule has 1 fully saturated rings. The van der Waals surface area contributed by atoms with Gasteiger partial charge < -0.3 is 9.73 Å². The van der Waals surface area contributed by atoms with E-state index >= 15 is 0 Å². The van der Waals surface area contributed by atoms with Gasteiger partial charge in [-0.25, -0.2) is 13.1 Å². The number of hydrogen-bond donors (Lipinski definition) is 2. The van der Waals surface area contributed by atoms with E-state index in [0.717, 1.165) is 6.42 Å². The monoisotopic (exact) mass is 364 g/mol. The van der Waals surface area contributed by atoms with Crippen molar-refractivity contribution in [3.63, 3.8) is 0 Å². The van der Waals surface area contributed by atoms with Crippen molar-refractivity contribution in [2.24, 2.45) is 11.8 Å². The Morgan fingerprint density at radius 1 is 1.45 bits per heavy atom. The highest BCUT2D eigenvalue weighted by Crippen LogP contribution is 2.31. The van der Waals surface area contributed by atoms with Crippen molar-refractivity contribution in [3.05, 3.63) is 16.5 Å². The van der Waals surface area contributed by atoms with Crippen molar-refractivity contribution >= 4 is 26.0 Å². The SMILES string of the molecule is CNCc1cc(S(=O)(=O)NCC2CCCC2C)c(Br)o1. The molecule has 0 bridgehead atoms. The molecule has 0 aliphatic heterocycles. The normalized spacial score (nSPS) is 23.4. The van der Waals surface area contributed by atoms with E-state index in [9.17, 15) is 8.42 Å². The summed E-state index contributed by atoms with van der Waals surface area (Å²) in [5.41, 5.74) is 0. The van der Waals surface area contributed by atoms with Crippen LogP contribution in [0.5, 0.6) is 0 Å². The van der Waals surface area contributed by atoms with Crippen molar-refractivity contribution in [3.8, 4) is 0 Å². The van der Waals surface area contributed by atoms with Crippen molar-refractivity contribution in [2.75, 3.05) is 13.6 Å². The van der Waals surface area contributed by atoms with E-state index in [1.807, 2.05) is 0 Å². The summed E-state index contributed by atoms with van der Waals surface area (Å²) in [7, 11) is -1.74. The van der Waals surface area contributed by atoms with E-state index in [1.165, 1.54) is 12.8 Å². The average Bonchev–Trinajstić information content (AvgIpc) is 2.94. The predicted octanol–water partition coefficient (Wildman–Crippen LogP) is 2.48. The van der Waals surface area contributed by atoms with Gasteiger partial charge in [0.25, 0.3) is 0 Å². The summed E-state index contributed by atoms with van der Waals surface area (Å²) in [6.45, 7) is 3.18. The fourth-order valence-electron chi connectivity index (χ4n) is 2.66. The van der Waals surface area contributed by atoms with Crippen molar-refractivity contribution in [1.82, 2.24) is 10.0 Å². The van der Waals surface area contributed by atoms with Crippen LogP contribution in [0.1, 0.15) is 31.9 Å². The van der Waals surface area contributed by atoms with Gasteiger partial charge in [-0.3, -0.25) is 0 Å². The van der Waals surface area contributed by atoms with Gasteiger partial charge in [-0.1, -0.05) is 19.8 Å². The standard InChI is InChI=1S/C13H21BrN2O3S/c1-9-4-3-5-10(9)7-16-20(17,18)12-6-11(8-15-2)19-13(12)14/h6,9-10,15-16H,3-5,7-8H2,1-2H3. The number of halogens is 1. The quantitative estimate of drug-likeness (QED) is 0.813. The molecule has 1 heterocycles. The molecule has 5 nitrogen and oxygen atoms in total. The van der Waals surface area contributed by atoms with Crippen LogP contribution in [0, 0.1) is 11.8 Å². The summed E-state index contributed by atoms with van der Waals surface area (Å²) in [6, 6.07) is 1.56. The molecule has 2 atom stereocenters. The lowest BCUT2D eigenvalue weighted by atomic mass is 9.99. The highest BCUT2D eigenvalue weighted by atomic mass is 79.9. The molecule has 2 rings (SSSR count). The second-order valence-corrected chi connectivity index (χ2v) is 7.86. The Bertz CT molecular complexity index is 556. The Morgan fingerprint density at radius 3 is 2.80 bits per heavy atom. The maximum absolute atomic E-state index is 12.3. The van der Waals surface area contributed by atoms with Gasteiger partial charge >= 0.3 is 0 Å². The first kappa shape index (κ1) is 16.0. The first-order chi connectivity index (χ1) is 9.44. The molecule has 1 aliphatic carbocycles. The summed E-state index contributed by atoms with van der Waals surface area (Å²) in [5, 5.41) is 2.93. The Morgan fingerprint density at radius 2 is 2.20 bits per heavy atom. The molecule has 7 heteroatoms. The maximum atomic E-state index is 12.3. The zero-order chi connectivity index (χ0) is 14.8. The Hall–Kier alpha value is -0.370.